The highest BCUT2D eigenvalue weighted by atomic mass is 79.9. The van der Waals surface area contributed by atoms with E-state index >= 15 is 0 Å². The highest BCUT2D eigenvalue weighted by molar-refractivity contribution is 9.11. The molecule has 0 spiro atoms. The molecule has 35 heavy (non-hydrogen) atoms. The maximum atomic E-state index is 14.2. The Balaban J connectivity index is 2.33. The Kier molecular flexibility index (Phi) is 7.99. The van der Waals surface area contributed by atoms with Gasteiger partial charge in [-0.25, -0.2) is 13.8 Å². The number of halogens is 2. The topological polar surface area (TPSA) is 103 Å². The smallest absolute Gasteiger partial charge is 0.333 e. The number of nitrogens with zero attached hydrogens (tertiary/aromatic N) is 3. The van der Waals surface area contributed by atoms with E-state index in [0.29, 0.717) is 30.9 Å². The fourth-order valence-electron chi connectivity index (χ4n) is 3.74. The van der Waals surface area contributed by atoms with Crippen molar-refractivity contribution in [1.82, 2.24) is 9.13 Å². The Morgan fingerprint density at radius 3 is 2.63 bits per heavy atom. The van der Waals surface area contributed by atoms with Crippen molar-refractivity contribution in [3.05, 3.63) is 59.8 Å². The lowest BCUT2D eigenvalue weighted by atomic mass is 10.00. The second kappa shape index (κ2) is 10.4. The summed E-state index contributed by atoms with van der Waals surface area (Å²) in [4.78, 5) is 40.0. The molecule has 8 nitrogen and oxygen atoms in total. The second-order valence-electron chi connectivity index (χ2n) is 8.48. The van der Waals surface area contributed by atoms with Crippen molar-refractivity contribution in [2.75, 3.05) is 13.7 Å². The number of hydrogen-bond donors (Lipinski definition) is 0. The average Bonchev–Trinajstić information content (AvgIpc) is 3.09. The molecule has 11 heteroatoms. The predicted molar refractivity (Wildman–Crippen MR) is 135 cm³/mol. The van der Waals surface area contributed by atoms with Crippen molar-refractivity contribution in [1.29, 1.82) is 5.26 Å². The van der Waals surface area contributed by atoms with E-state index in [4.69, 9.17) is 14.7 Å². The van der Waals surface area contributed by atoms with Crippen molar-refractivity contribution in [2.45, 2.75) is 52.3 Å². The van der Waals surface area contributed by atoms with Crippen LogP contribution in [-0.2, 0) is 21.6 Å². The fourth-order valence-corrected chi connectivity index (χ4v) is 5.43. The summed E-state index contributed by atoms with van der Waals surface area (Å²) in [5, 5.41) is 9.27. The van der Waals surface area contributed by atoms with E-state index in [9.17, 15) is 18.8 Å². The van der Waals surface area contributed by atoms with Gasteiger partial charge < -0.3 is 9.47 Å². The van der Waals surface area contributed by atoms with E-state index in [0.717, 1.165) is 4.57 Å². The Morgan fingerprint density at radius 2 is 2.03 bits per heavy atom. The molecule has 0 aliphatic rings. The number of rotatable bonds is 9. The first-order valence-corrected chi connectivity index (χ1v) is 12.3. The molecule has 186 valence electrons. The largest absolute Gasteiger partial charge is 0.496 e. The zero-order valence-corrected chi connectivity index (χ0v) is 22.4. The molecule has 0 N–H and O–H groups in total. The minimum Gasteiger partial charge on any atom is -0.496 e. The molecule has 0 aliphatic heterocycles. The minimum atomic E-state index is -1.40. The van der Waals surface area contributed by atoms with E-state index < -0.39 is 28.7 Å². The Hall–Kier alpha value is -2.81. The first kappa shape index (κ1) is 26.8. The van der Waals surface area contributed by atoms with E-state index in [1.54, 1.807) is 6.92 Å². The molecule has 0 bridgehead atoms. The zero-order chi connectivity index (χ0) is 26.1. The highest BCUT2D eigenvalue weighted by Crippen LogP contribution is 2.35. The van der Waals surface area contributed by atoms with Gasteiger partial charge in [0.25, 0.3) is 5.56 Å². The zero-order valence-electron chi connectivity index (χ0n) is 20.0. The van der Waals surface area contributed by atoms with Gasteiger partial charge in [-0.05, 0) is 67.4 Å². The lowest BCUT2D eigenvalue weighted by Gasteiger charge is -2.26. The fraction of sp³-hybridized carbons (Fsp3) is 0.417. The number of fused-ring (bicyclic) bond motifs is 1. The first-order chi connectivity index (χ1) is 16.4. The van der Waals surface area contributed by atoms with Gasteiger partial charge in [-0.1, -0.05) is 0 Å². The van der Waals surface area contributed by atoms with Crippen LogP contribution < -0.4 is 16.0 Å². The average molecular weight is 566 g/mol. The van der Waals surface area contributed by atoms with Gasteiger partial charge in [0.2, 0.25) is 0 Å². The van der Waals surface area contributed by atoms with Gasteiger partial charge >= 0.3 is 5.69 Å². The number of benzene rings is 1. The van der Waals surface area contributed by atoms with Gasteiger partial charge in [-0.2, -0.15) is 5.26 Å². The van der Waals surface area contributed by atoms with Gasteiger partial charge in [0.05, 0.1) is 41.9 Å². The standard InChI is InChI=1S/C24H25BrFN3O5S/c1-13-19-21(31)29(24(3,4)14(2)30)23(32)28(22(19)35-20(13)25)12-18(34-10-6-9-27)16-11-15(26)7-8-17(16)33-5/h7-8,11,18H,6,10,12H2,1-5H3/t18-/m0/s1. The summed E-state index contributed by atoms with van der Waals surface area (Å²) < 4.78 is 28.5. The molecule has 3 rings (SSSR count). The van der Waals surface area contributed by atoms with Crippen LogP contribution in [0, 0.1) is 24.1 Å². The molecule has 0 amide bonds. The summed E-state index contributed by atoms with van der Waals surface area (Å²) in [6.07, 6.45) is -0.804. The van der Waals surface area contributed by atoms with Crippen LogP contribution in [0.5, 0.6) is 5.75 Å². The van der Waals surface area contributed by atoms with Crippen LogP contribution >= 0.6 is 27.3 Å². The van der Waals surface area contributed by atoms with Crippen LogP contribution in [0.25, 0.3) is 10.2 Å². The maximum absolute atomic E-state index is 14.2. The third-order valence-corrected chi connectivity index (χ3v) is 8.18. The van der Waals surface area contributed by atoms with Crippen LogP contribution in [-0.4, -0.2) is 28.6 Å². The molecule has 0 radical (unpaired) electrons. The number of aryl methyl sites for hydroxylation is 1. The Bertz CT molecular complexity index is 1450. The van der Waals surface area contributed by atoms with Crippen LogP contribution in [0.2, 0.25) is 0 Å². The number of methoxy groups -OCH3 is 1. The van der Waals surface area contributed by atoms with Crippen LogP contribution in [0.4, 0.5) is 4.39 Å². The normalized spacial score (nSPS) is 12.5. The number of thiophene rings is 1. The summed E-state index contributed by atoms with van der Waals surface area (Å²) in [5.74, 6) is -0.536. The lowest BCUT2D eigenvalue weighted by molar-refractivity contribution is -0.124. The molecule has 1 aromatic carbocycles. The second-order valence-corrected chi connectivity index (χ2v) is 10.8. The molecular weight excluding hydrogens is 541 g/mol. The molecular formula is C24H25BrFN3O5S. The third-order valence-electron chi connectivity index (χ3n) is 5.99. The molecule has 0 saturated carbocycles. The molecule has 1 atom stereocenters. The number of carbonyl (C=O) groups is 1. The first-order valence-electron chi connectivity index (χ1n) is 10.7. The number of aromatic nitrogens is 2. The number of ether oxygens (including phenoxy) is 2. The number of Topliss-reactive ketones (excluding diaryl/α,β-unsaturated/α-hetero) is 1. The summed E-state index contributed by atoms with van der Waals surface area (Å²) in [5.41, 5.74) is -1.67. The van der Waals surface area contributed by atoms with Crippen LogP contribution in [0.1, 0.15) is 44.4 Å². The predicted octanol–water partition coefficient (Wildman–Crippen LogP) is 4.44. The molecule has 0 saturated heterocycles. The lowest BCUT2D eigenvalue weighted by Crippen LogP contribution is -2.52. The van der Waals surface area contributed by atoms with Crippen molar-refractivity contribution < 1.29 is 18.7 Å². The van der Waals surface area contributed by atoms with E-state index in [1.165, 1.54) is 62.0 Å². The minimum absolute atomic E-state index is 0.0322. The Labute approximate surface area is 213 Å². The van der Waals surface area contributed by atoms with Crippen LogP contribution in [0.3, 0.4) is 0 Å². The summed E-state index contributed by atoms with van der Waals surface area (Å²) in [6.45, 7) is 6.03. The molecule has 3 aromatic rings. The van der Waals surface area contributed by atoms with Gasteiger partial charge in [0, 0.05) is 5.56 Å². The van der Waals surface area contributed by atoms with Gasteiger partial charge in [-0.3, -0.25) is 14.2 Å². The quantitative estimate of drug-likeness (QED) is 0.355. The summed E-state index contributed by atoms with van der Waals surface area (Å²) in [6, 6.07) is 5.94. The number of carbonyl (C=O) groups excluding carboxylic acids is 1. The van der Waals surface area contributed by atoms with Crippen molar-refractivity contribution in [2.24, 2.45) is 0 Å². The van der Waals surface area contributed by atoms with E-state index in [2.05, 4.69) is 15.9 Å². The molecule has 0 aliphatic carbocycles. The number of nitriles is 1. The monoisotopic (exact) mass is 565 g/mol. The van der Waals surface area contributed by atoms with Crippen molar-refractivity contribution in [3.63, 3.8) is 0 Å². The van der Waals surface area contributed by atoms with Crippen LogP contribution in [0.15, 0.2) is 31.6 Å². The Morgan fingerprint density at radius 1 is 1.34 bits per heavy atom. The summed E-state index contributed by atoms with van der Waals surface area (Å²) >= 11 is 4.66. The number of ketones is 1. The SMILES string of the molecule is COc1ccc(F)cc1[C@H](Cn1c(=O)n(C(C)(C)C(C)=O)c(=O)c2c(C)c(Br)sc21)OCCC#N. The molecule has 2 heterocycles. The maximum Gasteiger partial charge on any atom is 0.333 e. The van der Waals surface area contributed by atoms with E-state index in [-0.39, 0.29) is 25.4 Å². The van der Waals surface area contributed by atoms with Crippen molar-refractivity contribution >= 4 is 43.3 Å². The molecule has 2 aromatic heterocycles. The van der Waals surface area contributed by atoms with Gasteiger partial charge in [-0.15, -0.1) is 11.3 Å². The van der Waals surface area contributed by atoms with Crippen molar-refractivity contribution in [3.8, 4) is 11.8 Å². The van der Waals surface area contributed by atoms with Gasteiger partial charge in [0.1, 0.15) is 28.0 Å². The number of hydrogen-bond acceptors (Lipinski definition) is 7. The molecule has 0 unspecified atom stereocenters. The highest BCUT2D eigenvalue weighted by Gasteiger charge is 2.33. The summed E-state index contributed by atoms with van der Waals surface area (Å²) in [7, 11) is 1.43. The van der Waals surface area contributed by atoms with E-state index in [1.807, 2.05) is 6.07 Å². The molecule has 0 fully saturated rings. The van der Waals surface area contributed by atoms with Gasteiger partial charge in [0.15, 0.2) is 5.78 Å². The third kappa shape index (κ3) is 4.96.